The van der Waals surface area contributed by atoms with Gasteiger partial charge in [-0.15, -0.1) is 11.6 Å². The highest BCUT2D eigenvalue weighted by atomic mass is 79.9. The van der Waals surface area contributed by atoms with Crippen LogP contribution >= 0.6 is 27.5 Å². The Balaban J connectivity index is 2.19. The van der Waals surface area contributed by atoms with Crippen molar-refractivity contribution in [3.05, 3.63) is 52.5 Å². The molecule has 2 amide bonds. The Morgan fingerprint density at radius 2 is 2.00 bits per heavy atom. The summed E-state index contributed by atoms with van der Waals surface area (Å²) in [4.78, 5) is 14.4. The van der Waals surface area contributed by atoms with Gasteiger partial charge in [0.1, 0.15) is 11.5 Å². The zero-order chi connectivity index (χ0) is 19.1. The Hall–Kier alpha value is -1.92. The van der Waals surface area contributed by atoms with Crippen molar-refractivity contribution in [3.8, 4) is 11.5 Å². The number of ether oxygens (including phenoxy) is 2. The van der Waals surface area contributed by atoms with Crippen LogP contribution in [-0.2, 0) is 0 Å². The molecule has 1 N–H and O–H groups in total. The number of methoxy groups -OCH3 is 2. The third kappa shape index (κ3) is 5.05. The van der Waals surface area contributed by atoms with Gasteiger partial charge in [0, 0.05) is 24.2 Å². The van der Waals surface area contributed by atoms with Crippen molar-refractivity contribution in [2.75, 3.05) is 31.5 Å². The fourth-order valence-corrected chi connectivity index (χ4v) is 3.08. The number of nitrogens with zero attached hydrogens (tertiary/aromatic N) is 1. The third-order valence-corrected chi connectivity index (χ3v) is 4.76. The van der Waals surface area contributed by atoms with Crippen LogP contribution in [0.2, 0.25) is 0 Å². The number of anilines is 1. The molecule has 0 aromatic heterocycles. The van der Waals surface area contributed by atoms with Gasteiger partial charge in [0.05, 0.1) is 24.7 Å². The van der Waals surface area contributed by atoms with Crippen LogP contribution in [-0.4, -0.2) is 32.7 Å². The Morgan fingerprint density at radius 3 is 2.65 bits per heavy atom. The van der Waals surface area contributed by atoms with Crippen LogP contribution in [0.5, 0.6) is 11.5 Å². The van der Waals surface area contributed by atoms with Crippen molar-refractivity contribution in [1.82, 2.24) is 5.32 Å². The van der Waals surface area contributed by atoms with Crippen LogP contribution in [0.4, 0.5) is 10.5 Å². The molecule has 0 saturated carbocycles. The minimum absolute atomic E-state index is 0.187. The summed E-state index contributed by atoms with van der Waals surface area (Å²) in [6, 6.07) is 12.7. The van der Waals surface area contributed by atoms with Crippen LogP contribution in [0, 0.1) is 0 Å². The van der Waals surface area contributed by atoms with Crippen LogP contribution in [0.15, 0.2) is 46.9 Å². The molecule has 0 aliphatic heterocycles. The van der Waals surface area contributed by atoms with E-state index in [2.05, 4.69) is 21.2 Å². The molecular weight excluding hydrogens is 420 g/mol. The molecule has 0 radical (unpaired) electrons. The highest BCUT2D eigenvalue weighted by Gasteiger charge is 2.19. The molecule has 0 fully saturated rings. The second-order valence-electron chi connectivity index (χ2n) is 5.61. The fraction of sp³-hybridized carbons (Fsp3) is 0.316. The molecule has 0 bridgehead atoms. The summed E-state index contributed by atoms with van der Waals surface area (Å²) < 4.78 is 11.4. The van der Waals surface area contributed by atoms with Crippen molar-refractivity contribution in [2.45, 2.75) is 13.0 Å². The van der Waals surface area contributed by atoms with Gasteiger partial charge >= 0.3 is 6.03 Å². The Morgan fingerprint density at radius 1 is 1.23 bits per heavy atom. The van der Waals surface area contributed by atoms with Crippen molar-refractivity contribution >= 4 is 39.2 Å². The highest BCUT2D eigenvalue weighted by molar-refractivity contribution is 9.10. The number of alkyl halides is 1. The SMILES string of the molecule is COc1cccc(C(C)NC(=O)N(CCCl)c2ccc(Br)c(OC)c2)c1. The van der Waals surface area contributed by atoms with Gasteiger partial charge in [-0.1, -0.05) is 12.1 Å². The van der Waals surface area contributed by atoms with Gasteiger partial charge < -0.3 is 14.8 Å². The van der Waals surface area contributed by atoms with E-state index in [1.165, 1.54) is 0 Å². The lowest BCUT2D eigenvalue weighted by Gasteiger charge is -2.25. The molecule has 7 heteroatoms. The lowest BCUT2D eigenvalue weighted by molar-refractivity contribution is 0.243. The van der Waals surface area contributed by atoms with E-state index in [4.69, 9.17) is 21.1 Å². The first-order valence-corrected chi connectivity index (χ1v) is 9.44. The van der Waals surface area contributed by atoms with Crippen LogP contribution in [0.1, 0.15) is 18.5 Å². The van der Waals surface area contributed by atoms with Crippen molar-refractivity contribution < 1.29 is 14.3 Å². The van der Waals surface area contributed by atoms with Gasteiger partial charge in [-0.05, 0) is 52.7 Å². The monoisotopic (exact) mass is 440 g/mol. The predicted octanol–water partition coefficient (Wildman–Crippen LogP) is 4.98. The average molecular weight is 442 g/mol. The van der Waals surface area contributed by atoms with E-state index >= 15 is 0 Å². The van der Waals surface area contributed by atoms with Gasteiger partial charge in [0.25, 0.3) is 0 Å². The number of halogens is 2. The Labute approximate surface area is 167 Å². The molecule has 2 aromatic carbocycles. The van der Waals surface area contributed by atoms with Crippen LogP contribution in [0.25, 0.3) is 0 Å². The van der Waals surface area contributed by atoms with E-state index in [9.17, 15) is 4.79 Å². The molecule has 0 saturated heterocycles. The lowest BCUT2D eigenvalue weighted by Crippen LogP contribution is -2.42. The lowest BCUT2D eigenvalue weighted by atomic mass is 10.1. The summed E-state index contributed by atoms with van der Waals surface area (Å²) in [6.45, 7) is 2.30. The Bertz CT molecular complexity index is 757. The average Bonchev–Trinajstić information content (AvgIpc) is 2.66. The summed E-state index contributed by atoms with van der Waals surface area (Å²) in [7, 11) is 3.20. The minimum Gasteiger partial charge on any atom is -0.497 e. The standard InChI is InChI=1S/C19H22BrClN2O3/c1-13(14-5-4-6-16(11-14)25-2)22-19(24)23(10-9-21)15-7-8-17(20)18(12-15)26-3/h4-8,11-13H,9-10H2,1-3H3,(H,22,24). The first-order valence-electron chi connectivity index (χ1n) is 8.11. The maximum atomic E-state index is 12.8. The van der Waals surface area contributed by atoms with Crippen LogP contribution in [0.3, 0.4) is 0 Å². The molecule has 0 heterocycles. The number of benzene rings is 2. The van der Waals surface area contributed by atoms with E-state index in [0.717, 1.165) is 15.8 Å². The highest BCUT2D eigenvalue weighted by Crippen LogP contribution is 2.30. The molecule has 5 nitrogen and oxygen atoms in total. The maximum Gasteiger partial charge on any atom is 0.322 e. The number of urea groups is 1. The van der Waals surface area contributed by atoms with Gasteiger partial charge in [0.15, 0.2) is 0 Å². The van der Waals surface area contributed by atoms with E-state index in [0.29, 0.717) is 23.9 Å². The van der Waals surface area contributed by atoms with Gasteiger partial charge in [-0.2, -0.15) is 0 Å². The molecule has 26 heavy (non-hydrogen) atoms. The number of nitrogens with one attached hydrogen (secondary N) is 1. The molecule has 2 rings (SSSR count). The Kier molecular flexibility index (Phi) is 7.60. The molecule has 0 aliphatic rings. The minimum atomic E-state index is -0.231. The number of rotatable bonds is 7. The number of carbonyl (C=O) groups is 1. The van der Waals surface area contributed by atoms with Crippen LogP contribution < -0.4 is 19.7 Å². The molecule has 1 atom stereocenters. The normalized spacial score (nSPS) is 11.6. The quantitative estimate of drug-likeness (QED) is 0.616. The second kappa shape index (κ2) is 9.69. The third-order valence-electron chi connectivity index (χ3n) is 3.93. The topological polar surface area (TPSA) is 50.8 Å². The van der Waals surface area contributed by atoms with Crippen molar-refractivity contribution in [2.24, 2.45) is 0 Å². The largest absolute Gasteiger partial charge is 0.497 e. The molecular formula is C19H22BrClN2O3. The summed E-state index contributed by atoms with van der Waals surface area (Å²) in [5.41, 5.74) is 1.66. The van der Waals surface area contributed by atoms with E-state index < -0.39 is 0 Å². The van der Waals surface area contributed by atoms with Crippen molar-refractivity contribution in [1.29, 1.82) is 0 Å². The first kappa shape index (κ1) is 20.4. The molecule has 0 spiro atoms. The zero-order valence-corrected chi connectivity index (χ0v) is 17.3. The molecule has 140 valence electrons. The van der Waals surface area contributed by atoms with E-state index in [-0.39, 0.29) is 12.1 Å². The second-order valence-corrected chi connectivity index (χ2v) is 6.84. The first-order chi connectivity index (χ1) is 12.5. The maximum absolute atomic E-state index is 12.8. The van der Waals surface area contributed by atoms with Gasteiger partial charge in [-0.3, -0.25) is 4.90 Å². The number of hydrogen-bond donors (Lipinski definition) is 1. The van der Waals surface area contributed by atoms with Crippen molar-refractivity contribution in [3.63, 3.8) is 0 Å². The predicted molar refractivity (Wildman–Crippen MR) is 109 cm³/mol. The summed E-state index contributed by atoms with van der Waals surface area (Å²) in [5.74, 6) is 1.72. The number of hydrogen-bond acceptors (Lipinski definition) is 3. The van der Waals surface area contributed by atoms with E-state index in [1.807, 2.05) is 43.3 Å². The molecule has 2 aromatic rings. The molecule has 0 aliphatic carbocycles. The van der Waals surface area contributed by atoms with Gasteiger partial charge in [-0.25, -0.2) is 4.79 Å². The summed E-state index contributed by atoms with van der Waals surface area (Å²) in [6.07, 6.45) is 0. The smallest absolute Gasteiger partial charge is 0.322 e. The molecule has 1 unspecified atom stereocenters. The summed E-state index contributed by atoms with van der Waals surface area (Å²) in [5, 5.41) is 3.00. The zero-order valence-electron chi connectivity index (χ0n) is 15.0. The summed E-state index contributed by atoms with van der Waals surface area (Å²) >= 11 is 9.33. The fourth-order valence-electron chi connectivity index (χ4n) is 2.51. The van der Waals surface area contributed by atoms with E-state index in [1.54, 1.807) is 25.2 Å². The van der Waals surface area contributed by atoms with Gasteiger partial charge in [0.2, 0.25) is 0 Å². The number of amides is 2. The number of carbonyl (C=O) groups excluding carboxylic acids is 1.